The van der Waals surface area contributed by atoms with Gasteiger partial charge in [0, 0.05) is 6.54 Å². The highest BCUT2D eigenvalue weighted by Gasteiger charge is 2.34. The van der Waals surface area contributed by atoms with Crippen LogP contribution in [0.5, 0.6) is 5.75 Å². The van der Waals surface area contributed by atoms with Gasteiger partial charge in [-0.2, -0.15) is 0 Å². The number of aromatic nitrogens is 1. The molecular weight excluding hydrogens is 253 g/mol. The van der Waals surface area contributed by atoms with Crippen molar-refractivity contribution in [2.75, 3.05) is 7.11 Å². The number of alkyl halides is 3. The molecule has 18 heavy (non-hydrogen) atoms. The van der Waals surface area contributed by atoms with E-state index in [9.17, 15) is 18.0 Å². The van der Waals surface area contributed by atoms with Crippen molar-refractivity contribution < 1.29 is 27.4 Å². The fraction of sp³-hybridized carbons (Fsp3) is 0.400. The molecule has 0 fully saturated rings. The van der Waals surface area contributed by atoms with Crippen molar-refractivity contribution in [1.82, 2.24) is 4.98 Å². The van der Waals surface area contributed by atoms with Crippen LogP contribution in [0.15, 0.2) is 6.07 Å². The third-order valence-electron chi connectivity index (χ3n) is 2.03. The van der Waals surface area contributed by atoms with Crippen LogP contribution in [-0.4, -0.2) is 24.4 Å². The van der Waals surface area contributed by atoms with Crippen molar-refractivity contribution in [3.05, 3.63) is 23.0 Å². The van der Waals surface area contributed by atoms with E-state index in [1.807, 2.05) is 0 Å². The second-order valence-electron chi connectivity index (χ2n) is 3.32. The third-order valence-corrected chi connectivity index (χ3v) is 2.03. The highest BCUT2D eigenvalue weighted by Crippen LogP contribution is 2.29. The van der Waals surface area contributed by atoms with Gasteiger partial charge in [0.15, 0.2) is 5.75 Å². The van der Waals surface area contributed by atoms with Gasteiger partial charge in [0.2, 0.25) is 0 Å². The molecule has 0 saturated heterocycles. The second kappa shape index (κ2) is 5.21. The van der Waals surface area contributed by atoms with Crippen molar-refractivity contribution in [2.45, 2.75) is 19.8 Å². The maximum absolute atomic E-state index is 12.2. The first-order chi connectivity index (χ1) is 8.28. The van der Waals surface area contributed by atoms with E-state index in [2.05, 4.69) is 14.5 Å². The third kappa shape index (κ3) is 3.33. The second-order valence-corrected chi connectivity index (χ2v) is 3.32. The Morgan fingerprint density at radius 2 is 2.11 bits per heavy atom. The summed E-state index contributed by atoms with van der Waals surface area (Å²) in [7, 11) is 1.05. The quantitative estimate of drug-likeness (QED) is 0.838. The molecule has 1 heterocycles. The van der Waals surface area contributed by atoms with Crippen LogP contribution in [0.1, 0.15) is 21.7 Å². The van der Waals surface area contributed by atoms with Gasteiger partial charge >= 0.3 is 12.3 Å². The molecule has 100 valence electrons. The van der Waals surface area contributed by atoms with E-state index in [-0.39, 0.29) is 23.5 Å². The van der Waals surface area contributed by atoms with Crippen molar-refractivity contribution in [1.29, 1.82) is 0 Å². The highest BCUT2D eigenvalue weighted by atomic mass is 19.4. The summed E-state index contributed by atoms with van der Waals surface area (Å²) in [5, 5.41) is 0. The number of halogens is 3. The highest BCUT2D eigenvalue weighted by molar-refractivity contribution is 5.92. The molecule has 0 saturated carbocycles. The lowest BCUT2D eigenvalue weighted by atomic mass is 10.1. The number of hydrogen-bond acceptors (Lipinski definition) is 5. The number of ether oxygens (including phenoxy) is 2. The van der Waals surface area contributed by atoms with Crippen LogP contribution >= 0.6 is 0 Å². The maximum atomic E-state index is 12.2. The molecule has 0 unspecified atom stereocenters. The molecule has 1 aromatic heterocycles. The zero-order valence-corrected chi connectivity index (χ0v) is 9.67. The summed E-state index contributed by atoms with van der Waals surface area (Å²) >= 11 is 0. The summed E-state index contributed by atoms with van der Waals surface area (Å²) in [6.45, 7) is 1.27. The summed E-state index contributed by atoms with van der Waals surface area (Å²) in [5.41, 5.74) is 5.15. The standard InChI is InChI=1S/C10H11F3N2O3/c1-5-8(18-10(11,12)13)7(9(16)17-2)3-6(4-14)15-5/h3H,4,14H2,1-2H3. The molecule has 0 radical (unpaired) electrons. The normalized spacial score (nSPS) is 11.2. The first kappa shape index (κ1) is 14.2. The number of hydrogen-bond donors (Lipinski definition) is 1. The number of rotatable bonds is 3. The summed E-state index contributed by atoms with van der Waals surface area (Å²) in [5.74, 6) is -1.62. The Morgan fingerprint density at radius 1 is 1.50 bits per heavy atom. The molecule has 2 N–H and O–H groups in total. The lowest BCUT2D eigenvalue weighted by Crippen LogP contribution is -2.21. The van der Waals surface area contributed by atoms with Gasteiger partial charge < -0.3 is 15.2 Å². The minimum absolute atomic E-state index is 0.0167. The topological polar surface area (TPSA) is 74.4 Å². The SMILES string of the molecule is COC(=O)c1cc(CN)nc(C)c1OC(F)(F)F. The van der Waals surface area contributed by atoms with Crippen LogP contribution < -0.4 is 10.5 Å². The van der Waals surface area contributed by atoms with E-state index < -0.39 is 18.1 Å². The zero-order chi connectivity index (χ0) is 13.9. The predicted molar refractivity (Wildman–Crippen MR) is 54.9 cm³/mol. The number of pyridine rings is 1. The van der Waals surface area contributed by atoms with Crippen molar-refractivity contribution in [2.24, 2.45) is 5.73 Å². The molecule has 0 amide bonds. The van der Waals surface area contributed by atoms with E-state index in [4.69, 9.17) is 5.73 Å². The van der Waals surface area contributed by atoms with Crippen LogP contribution in [0.25, 0.3) is 0 Å². The van der Waals surface area contributed by atoms with Gasteiger partial charge in [0.05, 0.1) is 18.5 Å². The van der Waals surface area contributed by atoms with E-state index >= 15 is 0 Å². The molecule has 1 aromatic rings. The molecule has 0 aliphatic carbocycles. The number of esters is 1. The molecule has 5 nitrogen and oxygen atoms in total. The van der Waals surface area contributed by atoms with Crippen LogP contribution in [0.3, 0.4) is 0 Å². The molecule has 0 atom stereocenters. The van der Waals surface area contributed by atoms with Crippen molar-refractivity contribution in [3.8, 4) is 5.75 Å². The van der Waals surface area contributed by atoms with Gasteiger partial charge in [-0.1, -0.05) is 0 Å². The van der Waals surface area contributed by atoms with Crippen LogP contribution in [0.4, 0.5) is 13.2 Å². The first-order valence-electron chi connectivity index (χ1n) is 4.83. The Hall–Kier alpha value is -1.83. The number of methoxy groups -OCH3 is 1. The Bertz CT molecular complexity index is 460. The van der Waals surface area contributed by atoms with Crippen LogP contribution in [0.2, 0.25) is 0 Å². The molecule has 0 aliphatic heterocycles. The summed E-state index contributed by atoms with van der Waals surface area (Å²) < 4.78 is 44.8. The number of nitrogens with zero attached hydrogens (tertiary/aromatic N) is 1. The Kier molecular flexibility index (Phi) is 4.12. The Balaban J connectivity index is 3.33. The van der Waals surface area contributed by atoms with Crippen LogP contribution in [-0.2, 0) is 11.3 Å². The van der Waals surface area contributed by atoms with Gasteiger partial charge in [0.1, 0.15) is 5.56 Å². The molecule has 0 bridgehead atoms. The lowest BCUT2D eigenvalue weighted by molar-refractivity contribution is -0.275. The average molecular weight is 264 g/mol. The smallest absolute Gasteiger partial charge is 0.465 e. The molecule has 0 aromatic carbocycles. The Morgan fingerprint density at radius 3 is 2.56 bits per heavy atom. The largest absolute Gasteiger partial charge is 0.573 e. The number of carbonyl (C=O) groups is 1. The average Bonchev–Trinajstić information content (AvgIpc) is 2.28. The molecule has 0 aliphatic rings. The number of carbonyl (C=O) groups excluding carboxylic acids is 1. The minimum Gasteiger partial charge on any atom is -0.465 e. The van der Waals surface area contributed by atoms with Gasteiger partial charge in [-0.3, -0.25) is 4.98 Å². The number of aryl methyl sites for hydroxylation is 1. The molecule has 8 heteroatoms. The predicted octanol–water partition coefficient (Wildman–Crippen LogP) is 1.53. The van der Waals surface area contributed by atoms with Crippen LogP contribution in [0, 0.1) is 6.92 Å². The fourth-order valence-electron chi connectivity index (χ4n) is 1.34. The van der Waals surface area contributed by atoms with Gasteiger partial charge in [-0.25, -0.2) is 4.79 Å². The monoisotopic (exact) mass is 264 g/mol. The summed E-state index contributed by atoms with van der Waals surface area (Å²) in [4.78, 5) is 15.2. The van der Waals surface area contributed by atoms with Gasteiger partial charge in [0.25, 0.3) is 0 Å². The molecule has 0 spiro atoms. The van der Waals surface area contributed by atoms with E-state index in [1.165, 1.54) is 6.92 Å². The maximum Gasteiger partial charge on any atom is 0.573 e. The van der Waals surface area contributed by atoms with E-state index in [0.29, 0.717) is 0 Å². The van der Waals surface area contributed by atoms with E-state index in [1.54, 1.807) is 0 Å². The van der Waals surface area contributed by atoms with Gasteiger partial charge in [-0.15, -0.1) is 13.2 Å². The molecular formula is C10H11F3N2O3. The van der Waals surface area contributed by atoms with Crippen molar-refractivity contribution >= 4 is 5.97 Å². The first-order valence-corrected chi connectivity index (χ1v) is 4.83. The van der Waals surface area contributed by atoms with Gasteiger partial charge in [-0.05, 0) is 13.0 Å². The lowest BCUT2D eigenvalue weighted by Gasteiger charge is -2.15. The fourth-order valence-corrected chi connectivity index (χ4v) is 1.34. The number of nitrogens with two attached hydrogens (primary N) is 1. The van der Waals surface area contributed by atoms with E-state index in [0.717, 1.165) is 13.2 Å². The zero-order valence-electron chi connectivity index (χ0n) is 9.67. The van der Waals surface area contributed by atoms with Crippen molar-refractivity contribution in [3.63, 3.8) is 0 Å². The Labute approximate surface area is 101 Å². The summed E-state index contributed by atoms with van der Waals surface area (Å²) in [6, 6.07) is 1.11. The summed E-state index contributed by atoms with van der Waals surface area (Å²) in [6.07, 6.45) is -4.92. The molecule has 1 rings (SSSR count). The minimum atomic E-state index is -4.92.